The molecule has 3 N–H and O–H groups in total. The Balaban J connectivity index is 3.60. The molecule has 0 aliphatic heterocycles. The summed E-state index contributed by atoms with van der Waals surface area (Å²) < 4.78 is 4.35. The second kappa shape index (κ2) is 5.15. The van der Waals surface area contributed by atoms with E-state index in [9.17, 15) is 4.79 Å². The Morgan fingerprint density at radius 2 is 2.45 bits per heavy atom. The molecule has 0 aliphatic carbocycles. The van der Waals surface area contributed by atoms with Gasteiger partial charge in [-0.15, -0.1) is 11.6 Å². The average molecular weight is 197 g/mol. The molecule has 0 aromatic carbocycles. The number of nitrogens with one attached hydrogen (secondary N) is 1. The molecular weight excluding hydrogens is 188 g/mol. The number of esters is 1. The van der Waals surface area contributed by atoms with E-state index in [4.69, 9.17) is 17.3 Å². The van der Waals surface area contributed by atoms with E-state index < -0.39 is 11.3 Å². The van der Waals surface area contributed by atoms with E-state index in [-0.39, 0.29) is 11.7 Å². The predicted octanol–water partition coefficient (Wildman–Crippen LogP) is -0.400. The van der Waals surface area contributed by atoms with Crippen LogP contribution >= 0.6 is 23.8 Å². The molecule has 0 saturated carbocycles. The molecule has 0 amide bonds. The molecule has 0 aromatic rings. The topological polar surface area (TPSA) is 64.3 Å². The van der Waals surface area contributed by atoms with E-state index in [1.54, 1.807) is 0 Å². The molecule has 1 atom stereocenters. The first-order chi connectivity index (χ1) is 5.07. The summed E-state index contributed by atoms with van der Waals surface area (Å²) in [5.74, 6) is -0.504. The predicted molar refractivity (Wildman–Crippen MR) is 46.4 cm³/mol. The van der Waals surface area contributed by atoms with Gasteiger partial charge in [0.05, 0.1) is 7.11 Å². The van der Waals surface area contributed by atoms with E-state index >= 15 is 0 Å². The Kier molecular flexibility index (Phi) is 4.89. The Bertz CT molecular complexity index is 165. The van der Waals surface area contributed by atoms with Gasteiger partial charge in [-0.3, -0.25) is 4.79 Å². The maximum Gasteiger partial charge on any atom is 0.325 e. The first kappa shape index (κ1) is 10.4. The maximum atomic E-state index is 10.6. The molecule has 0 aliphatic rings. The summed E-state index contributed by atoms with van der Waals surface area (Å²) in [5.41, 5.74) is 5.09. The van der Waals surface area contributed by atoms with Gasteiger partial charge in [0, 0.05) is 6.54 Å². The highest BCUT2D eigenvalue weighted by atomic mass is 35.5. The number of carbonyl (C=O) groups excluding carboxylic acids is 1. The van der Waals surface area contributed by atoms with Gasteiger partial charge in [0.1, 0.15) is 5.38 Å². The van der Waals surface area contributed by atoms with Crippen molar-refractivity contribution in [1.29, 1.82) is 0 Å². The van der Waals surface area contributed by atoms with Crippen molar-refractivity contribution >= 4 is 34.9 Å². The molecule has 0 radical (unpaired) electrons. The van der Waals surface area contributed by atoms with Crippen molar-refractivity contribution in [1.82, 2.24) is 5.32 Å². The molecule has 0 saturated heterocycles. The third-order valence-corrected chi connectivity index (χ3v) is 1.39. The lowest BCUT2D eigenvalue weighted by Gasteiger charge is -2.07. The molecule has 6 heteroatoms. The fraction of sp³-hybridized carbons (Fsp3) is 0.600. The van der Waals surface area contributed by atoms with Crippen LogP contribution in [0.4, 0.5) is 0 Å². The fourth-order valence-electron chi connectivity index (χ4n) is 0.401. The average Bonchev–Trinajstić information content (AvgIpc) is 1.98. The number of halogens is 1. The number of carbonyl (C=O) groups is 1. The maximum absolute atomic E-state index is 10.6. The zero-order valence-corrected chi connectivity index (χ0v) is 7.54. The summed E-state index contributed by atoms with van der Waals surface area (Å²) in [6.07, 6.45) is 0. The summed E-state index contributed by atoms with van der Waals surface area (Å²) in [5, 5.41) is 1.90. The molecule has 0 aromatic heterocycles. The van der Waals surface area contributed by atoms with Crippen molar-refractivity contribution in [2.24, 2.45) is 5.73 Å². The third kappa shape index (κ3) is 4.80. The number of hydrogen-bond acceptors (Lipinski definition) is 3. The zero-order chi connectivity index (χ0) is 8.85. The molecule has 4 nitrogen and oxygen atoms in total. The van der Waals surface area contributed by atoms with Gasteiger partial charge in [0.2, 0.25) is 0 Å². The largest absolute Gasteiger partial charge is 0.468 e. The SMILES string of the molecule is COC(=O)[C@@H](Cl)CNC(N)=S. The monoisotopic (exact) mass is 196 g/mol. The van der Waals surface area contributed by atoms with Crippen molar-refractivity contribution in [3.63, 3.8) is 0 Å². The van der Waals surface area contributed by atoms with Crippen LogP contribution in [0.3, 0.4) is 0 Å². The summed E-state index contributed by atoms with van der Waals surface area (Å²) in [6.45, 7) is 0.184. The molecule has 0 fully saturated rings. The van der Waals surface area contributed by atoms with E-state index in [0.29, 0.717) is 0 Å². The molecule has 0 spiro atoms. The van der Waals surface area contributed by atoms with Gasteiger partial charge >= 0.3 is 5.97 Å². The minimum atomic E-state index is -0.749. The highest BCUT2D eigenvalue weighted by Crippen LogP contribution is 1.95. The fourth-order valence-corrected chi connectivity index (χ4v) is 0.651. The van der Waals surface area contributed by atoms with Gasteiger partial charge < -0.3 is 15.8 Å². The second-order valence-corrected chi connectivity index (χ2v) is 2.70. The Labute approximate surface area is 75.0 Å². The van der Waals surface area contributed by atoms with Gasteiger partial charge in [-0.25, -0.2) is 0 Å². The summed E-state index contributed by atoms with van der Waals surface area (Å²) in [7, 11) is 1.26. The van der Waals surface area contributed by atoms with Gasteiger partial charge in [-0.1, -0.05) is 0 Å². The first-order valence-electron chi connectivity index (χ1n) is 2.83. The first-order valence-corrected chi connectivity index (χ1v) is 3.67. The second-order valence-electron chi connectivity index (χ2n) is 1.74. The smallest absolute Gasteiger partial charge is 0.325 e. The summed E-state index contributed by atoms with van der Waals surface area (Å²) >= 11 is 10.0. The van der Waals surface area contributed by atoms with Gasteiger partial charge in [-0.05, 0) is 12.2 Å². The summed E-state index contributed by atoms with van der Waals surface area (Å²) in [4.78, 5) is 10.6. The van der Waals surface area contributed by atoms with Crippen LogP contribution in [0.5, 0.6) is 0 Å². The molecule has 0 heterocycles. The molecule has 0 bridgehead atoms. The highest BCUT2D eigenvalue weighted by molar-refractivity contribution is 7.80. The van der Waals surface area contributed by atoms with E-state index in [0.717, 1.165) is 0 Å². The zero-order valence-electron chi connectivity index (χ0n) is 5.96. The van der Waals surface area contributed by atoms with Crippen molar-refractivity contribution in [2.45, 2.75) is 5.38 Å². The van der Waals surface area contributed by atoms with Crippen LogP contribution < -0.4 is 11.1 Å². The number of nitrogens with two attached hydrogens (primary N) is 1. The van der Waals surface area contributed by atoms with Crippen LogP contribution in [0, 0.1) is 0 Å². The molecule has 0 unspecified atom stereocenters. The van der Waals surface area contributed by atoms with Gasteiger partial charge in [0.15, 0.2) is 5.11 Å². The van der Waals surface area contributed by atoms with Gasteiger partial charge in [-0.2, -0.15) is 0 Å². The van der Waals surface area contributed by atoms with E-state index in [2.05, 4.69) is 22.3 Å². The van der Waals surface area contributed by atoms with Gasteiger partial charge in [0.25, 0.3) is 0 Å². The van der Waals surface area contributed by atoms with Crippen LogP contribution in [-0.2, 0) is 9.53 Å². The minimum Gasteiger partial charge on any atom is -0.468 e. The van der Waals surface area contributed by atoms with Crippen LogP contribution in [0.1, 0.15) is 0 Å². The van der Waals surface area contributed by atoms with Crippen LogP contribution in [0.25, 0.3) is 0 Å². The Morgan fingerprint density at radius 3 is 2.82 bits per heavy atom. The van der Waals surface area contributed by atoms with Crippen molar-refractivity contribution in [3.05, 3.63) is 0 Å². The lowest BCUT2D eigenvalue weighted by atomic mass is 10.4. The van der Waals surface area contributed by atoms with Crippen molar-refractivity contribution in [3.8, 4) is 0 Å². The van der Waals surface area contributed by atoms with Crippen LogP contribution in [-0.4, -0.2) is 30.1 Å². The molecule has 0 rings (SSSR count). The standard InChI is InChI=1S/C5H9ClN2O2S/c1-10-4(9)3(6)2-8-5(7)11/h3H,2H2,1H3,(H3,7,8,11)/t3-/m0/s1. The Morgan fingerprint density at radius 1 is 1.91 bits per heavy atom. The third-order valence-electron chi connectivity index (χ3n) is 0.912. The number of ether oxygens (including phenoxy) is 1. The minimum absolute atomic E-state index is 0.111. The number of rotatable bonds is 3. The lowest BCUT2D eigenvalue weighted by molar-refractivity contribution is -0.140. The van der Waals surface area contributed by atoms with E-state index in [1.165, 1.54) is 7.11 Å². The molecule has 64 valence electrons. The summed E-state index contributed by atoms with van der Waals surface area (Å²) in [6, 6.07) is 0. The van der Waals surface area contributed by atoms with Crippen LogP contribution in [0.2, 0.25) is 0 Å². The number of hydrogen-bond donors (Lipinski definition) is 2. The quantitative estimate of drug-likeness (QED) is 0.365. The number of methoxy groups -OCH3 is 1. The van der Waals surface area contributed by atoms with Crippen molar-refractivity contribution < 1.29 is 9.53 Å². The Hall–Kier alpha value is -0.550. The molecular formula is C5H9ClN2O2S. The molecule has 11 heavy (non-hydrogen) atoms. The lowest BCUT2D eigenvalue weighted by Crippen LogP contribution is -2.37. The normalized spacial score (nSPS) is 11.8. The van der Waals surface area contributed by atoms with Crippen molar-refractivity contribution in [2.75, 3.05) is 13.7 Å². The van der Waals surface area contributed by atoms with Crippen LogP contribution in [0.15, 0.2) is 0 Å². The van der Waals surface area contributed by atoms with E-state index in [1.807, 2.05) is 0 Å². The number of alkyl halides is 1. The highest BCUT2D eigenvalue weighted by Gasteiger charge is 2.14. The number of thiocarbonyl (C=S) groups is 1.